The van der Waals surface area contributed by atoms with E-state index < -0.39 is 6.10 Å². The van der Waals surface area contributed by atoms with Gasteiger partial charge < -0.3 is 9.84 Å². The Labute approximate surface area is 99.9 Å². The highest BCUT2D eigenvalue weighted by Crippen LogP contribution is 2.25. The first-order chi connectivity index (χ1) is 8.31. The Morgan fingerprint density at radius 2 is 1.94 bits per heavy atom. The maximum Gasteiger partial charge on any atom is 0.127 e. The van der Waals surface area contributed by atoms with Crippen LogP contribution >= 0.6 is 0 Å². The average molecular weight is 227 g/mol. The summed E-state index contributed by atoms with van der Waals surface area (Å²) in [6, 6.07) is 15.6. The zero-order valence-electron chi connectivity index (χ0n) is 9.34. The van der Waals surface area contributed by atoms with E-state index in [4.69, 9.17) is 10.00 Å². The Hall–Kier alpha value is -2.05. The van der Waals surface area contributed by atoms with Gasteiger partial charge in [0, 0.05) is 5.39 Å². The van der Waals surface area contributed by atoms with Crippen molar-refractivity contribution in [1.82, 2.24) is 0 Å². The van der Waals surface area contributed by atoms with E-state index in [1.807, 2.05) is 48.5 Å². The van der Waals surface area contributed by atoms with Crippen LogP contribution in [0.25, 0.3) is 10.8 Å². The number of hydrogen-bond donors (Lipinski definition) is 1. The molecule has 0 amide bonds. The molecule has 0 bridgehead atoms. The first-order valence-corrected chi connectivity index (χ1v) is 5.47. The zero-order chi connectivity index (χ0) is 12.1. The number of aliphatic hydroxyl groups excluding tert-OH is 1. The van der Waals surface area contributed by atoms with Crippen molar-refractivity contribution in [2.24, 2.45) is 0 Å². The predicted molar refractivity (Wildman–Crippen MR) is 65.7 cm³/mol. The van der Waals surface area contributed by atoms with E-state index in [9.17, 15) is 5.11 Å². The molecule has 2 aromatic rings. The number of benzene rings is 2. The van der Waals surface area contributed by atoms with E-state index in [1.54, 1.807) is 0 Å². The monoisotopic (exact) mass is 227 g/mol. The van der Waals surface area contributed by atoms with E-state index in [0.29, 0.717) is 0 Å². The van der Waals surface area contributed by atoms with Crippen LogP contribution in [-0.4, -0.2) is 17.8 Å². The third-order valence-electron chi connectivity index (χ3n) is 2.51. The molecule has 0 saturated heterocycles. The lowest BCUT2D eigenvalue weighted by atomic mass is 10.1. The minimum absolute atomic E-state index is 0.0881. The molecular weight excluding hydrogens is 214 g/mol. The van der Waals surface area contributed by atoms with Crippen molar-refractivity contribution in [2.45, 2.75) is 12.5 Å². The van der Waals surface area contributed by atoms with Crippen LogP contribution in [0.2, 0.25) is 0 Å². The van der Waals surface area contributed by atoms with Crippen LogP contribution in [-0.2, 0) is 0 Å². The van der Waals surface area contributed by atoms with Gasteiger partial charge in [0.15, 0.2) is 0 Å². The molecule has 0 aliphatic rings. The molecule has 3 nitrogen and oxygen atoms in total. The minimum atomic E-state index is -0.737. The SMILES string of the molecule is N#CC[C@H](O)COc1cccc2ccccc12. The van der Waals surface area contributed by atoms with Crippen molar-refractivity contribution >= 4 is 10.8 Å². The number of nitriles is 1. The summed E-state index contributed by atoms with van der Waals surface area (Å²) in [5.41, 5.74) is 0. The first-order valence-electron chi connectivity index (χ1n) is 5.47. The fourth-order valence-electron chi connectivity index (χ4n) is 1.67. The quantitative estimate of drug-likeness (QED) is 0.873. The van der Waals surface area contributed by atoms with Crippen molar-refractivity contribution in [2.75, 3.05) is 6.61 Å². The molecule has 2 rings (SSSR count). The lowest BCUT2D eigenvalue weighted by Crippen LogP contribution is -2.16. The summed E-state index contributed by atoms with van der Waals surface area (Å²) in [6.07, 6.45) is -0.649. The normalized spacial score (nSPS) is 12.0. The molecule has 86 valence electrons. The van der Waals surface area contributed by atoms with Crippen LogP contribution in [0.3, 0.4) is 0 Å². The Bertz CT molecular complexity index is 540. The van der Waals surface area contributed by atoms with Gasteiger partial charge in [-0.15, -0.1) is 0 Å². The predicted octanol–water partition coefficient (Wildman–Crippen LogP) is 2.49. The number of nitrogens with zero attached hydrogens (tertiary/aromatic N) is 1. The molecule has 0 aromatic heterocycles. The van der Waals surface area contributed by atoms with E-state index >= 15 is 0 Å². The van der Waals surface area contributed by atoms with Gasteiger partial charge in [0.05, 0.1) is 12.5 Å². The number of ether oxygens (including phenoxy) is 1. The van der Waals surface area contributed by atoms with Crippen molar-refractivity contribution in [3.8, 4) is 11.8 Å². The molecule has 0 radical (unpaired) electrons. The van der Waals surface area contributed by atoms with E-state index in [1.165, 1.54) is 0 Å². The molecule has 0 fully saturated rings. The first kappa shape index (κ1) is 11.4. The Morgan fingerprint density at radius 3 is 2.76 bits per heavy atom. The second-order valence-electron chi connectivity index (χ2n) is 3.80. The molecule has 1 N–H and O–H groups in total. The smallest absolute Gasteiger partial charge is 0.127 e. The molecule has 0 aliphatic carbocycles. The minimum Gasteiger partial charge on any atom is -0.490 e. The van der Waals surface area contributed by atoms with Gasteiger partial charge in [-0.1, -0.05) is 36.4 Å². The van der Waals surface area contributed by atoms with Gasteiger partial charge in [-0.3, -0.25) is 0 Å². The van der Waals surface area contributed by atoms with Gasteiger partial charge in [0.1, 0.15) is 18.5 Å². The van der Waals surface area contributed by atoms with Crippen LogP contribution in [0.5, 0.6) is 5.75 Å². The molecule has 1 atom stereocenters. The van der Waals surface area contributed by atoms with Gasteiger partial charge in [-0.05, 0) is 11.5 Å². The molecule has 0 heterocycles. The van der Waals surface area contributed by atoms with Crippen molar-refractivity contribution in [3.05, 3.63) is 42.5 Å². The topological polar surface area (TPSA) is 53.2 Å². The van der Waals surface area contributed by atoms with Crippen molar-refractivity contribution < 1.29 is 9.84 Å². The third kappa shape index (κ3) is 2.74. The molecule has 3 heteroatoms. The van der Waals surface area contributed by atoms with Crippen LogP contribution in [0.1, 0.15) is 6.42 Å². The standard InChI is InChI=1S/C14H13NO2/c15-9-8-12(16)10-17-14-7-3-5-11-4-1-2-6-13(11)14/h1-7,12,16H,8,10H2/t12-/m0/s1. The Balaban J connectivity index is 2.16. The Kier molecular flexibility index (Phi) is 3.59. The summed E-state index contributed by atoms with van der Waals surface area (Å²) in [5, 5.41) is 20.0. The molecule has 2 aromatic carbocycles. The summed E-state index contributed by atoms with van der Waals surface area (Å²) in [6.45, 7) is 0.140. The summed E-state index contributed by atoms with van der Waals surface area (Å²) in [4.78, 5) is 0. The lowest BCUT2D eigenvalue weighted by Gasteiger charge is -2.11. The van der Waals surface area contributed by atoms with Crippen LogP contribution in [0, 0.1) is 11.3 Å². The number of hydrogen-bond acceptors (Lipinski definition) is 3. The molecule has 17 heavy (non-hydrogen) atoms. The second-order valence-corrected chi connectivity index (χ2v) is 3.80. The van der Waals surface area contributed by atoms with Crippen LogP contribution in [0.4, 0.5) is 0 Å². The zero-order valence-corrected chi connectivity index (χ0v) is 9.34. The van der Waals surface area contributed by atoms with E-state index in [0.717, 1.165) is 16.5 Å². The van der Waals surface area contributed by atoms with Crippen molar-refractivity contribution in [3.63, 3.8) is 0 Å². The highest BCUT2D eigenvalue weighted by atomic mass is 16.5. The molecule has 0 saturated carbocycles. The number of rotatable bonds is 4. The van der Waals surface area contributed by atoms with Gasteiger partial charge in [-0.2, -0.15) is 5.26 Å². The summed E-state index contributed by atoms with van der Waals surface area (Å²) >= 11 is 0. The highest BCUT2D eigenvalue weighted by molar-refractivity contribution is 5.88. The van der Waals surface area contributed by atoms with Crippen LogP contribution in [0.15, 0.2) is 42.5 Å². The number of aliphatic hydroxyl groups is 1. The molecule has 0 spiro atoms. The molecular formula is C14H13NO2. The Morgan fingerprint density at radius 1 is 1.18 bits per heavy atom. The highest BCUT2D eigenvalue weighted by Gasteiger charge is 2.06. The molecule has 0 aliphatic heterocycles. The van der Waals surface area contributed by atoms with Gasteiger partial charge >= 0.3 is 0 Å². The van der Waals surface area contributed by atoms with Crippen LogP contribution < -0.4 is 4.74 Å². The van der Waals surface area contributed by atoms with Gasteiger partial charge in [-0.25, -0.2) is 0 Å². The van der Waals surface area contributed by atoms with Gasteiger partial charge in [0.25, 0.3) is 0 Å². The van der Waals surface area contributed by atoms with Crippen molar-refractivity contribution in [1.29, 1.82) is 5.26 Å². The largest absolute Gasteiger partial charge is 0.490 e. The average Bonchev–Trinajstić information content (AvgIpc) is 2.36. The van der Waals surface area contributed by atoms with Gasteiger partial charge in [0.2, 0.25) is 0 Å². The summed E-state index contributed by atoms with van der Waals surface area (Å²) < 4.78 is 5.53. The van der Waals surface area contributed by atoms with E-state index in [2.05, 4.69) is 0 Å². The maximum absolute atomic E-state index is 9.44. The fraction of sp³-hybridized carbons (Fsp3) is 0.214. The third-order valence-corrected chi connectivity index (χ3v) is 2.51. The maximum atomic E-state index is 9.44. The second kappa shape index (κ2) is 5.33. The summed E-state index contributed by atoms with van der Waals surface area (Å²) in [5.74, 6) is 0.736. The number of fused-ring (bicyclic) bond motifs is 1. The fourth-order valence-corrected chi connectivity index (χ4v) is 1.67. The summed E-state index contributed by atoms with van der Waals surface area (Å²) in [7, 11) is 0. The molecule has 0 unspecified atom stereocenters. The van der Waals surface area contributed by atoms with E-state index in [-0.39, 0.29) is 13.0 Å². The lowest BCUT2D eigenvalue weighted by molar-refractivity contribution is 0.112.